The fourth-order valence-electron chi connectivity index (χ4n) is 1.34. The van der Waals surface area contributed by atoms with Crippen LogP contribution in [0.15, 0.2) is 30.9 Å². The van der Waals surface area contributed by atoms with Gasteiger partial charge >= 0.3 is 0 Å². The first-order valence-corrected chi connectivity index (χ1v) is 4.09. The van der Waals surface area contributed by atoms with E-state index in [1.54, 1.807) is 4.68 Å². The third-order valence-corrected chi connectivity index (χ3v) is 1.96. The Morgan fingerprint density at radius 2 is 2.00 bits per heavy atom. The van der Waals surface area contributed by atoms with Crippen molar-refractivity contribution in [1.82, 2.24) is 29.9 Å². The predicted octanol–water partition coefficient (Wildman–Crippen LogP) is 0.490. The minimum atomic E-state index is 0.536. The molecule has 3 rings (SSSR count). The van der Waals surface area contributed by atoms with Crippen molar-refractivity contribution in [3.8, 4) is 17.3 Å². The van der Waals surface area contributed by atoms with Crippen LogP contribution in [0.2, 0.25) is 0 Å². The summed E-state index contributed by atoms with van der Waals surface area (Å²) in [7, 11) is 0. The molecule has 0 fully saturated rings. The Hall–Kier alpha value is -2.24. The Morgan fingerprint density at radius 3 is 2.86 bits per heavy atom. The standard InChI is InChI=1S/C8H6N6/c1-2-6-7(3-1)14(13-12-6)8-10-4-9-5-11-8/h1-5,13H. The van der Waals surface area contributed by atoms with Crippen LogP contribution in [0.25, 0.3) is 17.3 Å². The molecule has 0 atom stereocenters. The second-order valence-corrected chi connectivity index (χ2v) is 2.78. The molecule has 0 bridgehead atoms. The van der Waals surface area contributed by atoms with Gasteiger partial charge in [0.05, 0.1) is 5.69 Å². The molecule has 6 nitrogen and oxygen atoms in total. The molecule has 1 aliphatic carbocycles. The van der Waals surface area contributed by atoms with E-state index in [2.05, 4.69) is 25.3 Å². The van der Waals surface area contributed by atoms with Gasteiger partial charge < -0.3 is 0 Å². The van der Waals surface area contributed by atoms with E-state index in [1.165, 1.54) is 12.7 Å². The summed E-state index contributed by atoms with van der Waals surface area (Å²) in [6.07, 6.45) is 2.90. The molecule has 1 aromatic heterocycles. The lowest BCUT2D eigenvalue weighted by Gasteiger charge is -1.99. The first-order chi connectivity index (χ1) is 6.95. The molecule has 68 valence electrons. The summed E-state index contributed by atoms with van der Waals surface area (Å²) in [6, 6.07) is 5.80. The Morgan fingerprint density at radius 1 is 1.14 bits per heavy atom. The normalized spacial score (nSPS) is 10.9. The van der Waals surface area contributed by atoms with Crippen LogP contribution in [-0.4, -0.2) is 29.9 Å². The van der Waals surface area contributed by atoms with E-state index >= 15 is 0 Å². The first-order valence-electron chi connectivity index (χ1n) is 4.09. The highest BCUT2D eigenvalue weighted by atomic mass is 15.5. The van der Waals surface area contributed by atoms with Crippen LogP contribution in [0, 0.1) is 0 Å². The van der Waals surface area contributed by atoms with Crippen molar-refractivity contribution in [3.05, 3.63) is 30.9 Å². The highest BCUT2D eigenvalue weighted by molar-refractivity contribution is 5.58. The zero-order valence-electron chi connectivity index (χ0n) is 7.12. The zero-order valence-corrected chi connectivity index (χ0v) is 7.12. The van der Waals surface area contributed by atoms with Crippen LogP contribution in [0.3, 0.4) is 0 Å². The van der Waals surface area contributed by atoms with E-state index in [0.29, 0.717) is 5.95 Å². The lowest BCUT2D eigenvalue weighted by molar-refractivity contribution is 0.756. The number of rotatable bonds is 1. The van der Waals surface area contributed by atoms with E-state index in [1.807, 2.05) is 18.2 Å². The summed E-state index contributed by atoms with van der Waals surface area (Å²) in [5.74, 6) is 0.536. The quantitative estimate of drug-likeness (QED) is 0.600. The molecular formula is C8H6N6. The largest absolute Gasteiger partial charge is 0.253 e. The van der Waals surface area contributed by atoms with Crippen LogP contribution >= 0.6 is 0 Å². The number of H-pyrrole nitrogens is 1. The smallest absolute Gasteiger partial charge is 0.225 e. The van der Waals surface area contributed by atoms with Crippen molar-refractivity contribution in [2.24, 2.45) is 0 Å². The number of hydrogen-bond acceptors (Lipinski definition) is 4. The summed E-state index contributed by atoms with van der Waals surface area (Å²) in [6.45, 7) is 0. The van der Waals surface area contributed by atoms with Gasteiger partial charge in [0.25, 0.3) is 5.95 Å². The van der Waals surface area contributed by atoms with Crippen molar-refractivity contribution in [3.63, 3.8) is 0 Å². The molecule has 0 amide bonds. The molecule has 1 aliphatic heterocycles. The van der Waals surface area contributed by atoms with Gasteiger partial charge in [-0.05, 0) is 12.1 Å². The molecule has 0 radical (unpaired) electrons. The van der Waals surface area contributed by atoms with E-state index in [4.69, 9.17) is 0 Å². The monoisotopic (exact) mass is 186 g/mol. The molecule has 2 aliphatic rings. The Labute approximate surface area is 79.0 Å². The number of nitrogens with one attached hydrogen (secondary N) is 1. The summed E-state index contributed by atoms with van der Waals surface area (Å²) in [5.41, 5.74) is 1.85. The number of fused-ring (bicyclic) bond motifs is 1. The van der Waals surface area contributed by atoms with E-state index < -0.39 is 0 Å². The Bertz CT molecular complexity index is 510. The molecular weight excluding hydrogens is 180 g/mol. The predicted molar refractivity (Wildman–Crippen MR) is 47.9 cm³/mol. The number of aromatic amines is 1. The first kappa shape index (κ1) is 7.19. The highest BCUT2D eigenvalue weighted by Crippen LogP contribution is 2.20. The third kappa shape index (κ3) is 0.905. The lowest BCUT2D eigenvalue weighted by Crippen LogP contribution is -2.03. The van der Waals surface area contributed by atoms with E-state index in [-0.39, 0.29) is 0 Å². The minimum absolute atomic E-state index is 0.536. The van der Waals surface area contributed by atoms with Crippen molar-refractivity contribution in [2.75, 3.05) is 0 Å². The molecule has 1 aromatic rings. The van der Waals surface area contributed by atoms with Gasteiger partial charge in [-0.2, -0.15) is 15.1 Å². The maximum atomic E-state index is 4.09. The molecule has 2 heterocycles. The molecule has 0 saturated carbocycles. The maximum Gasteiger partial charge on any atom is 0.253 e. The topological polar surface area (TPSA) is 72.3 Å². The lowest BCUT2D eigenvalue weighted by atomic mass is 10.4. The SMILES string of the molecule is c1cc2n[nH]n(-c3ncncn3)c-2c1. The number of aromatic nitrogens is 6. The van der Waals surface area contributed by atoms with E-state index in [9.17, 15) is 0 Å². The summed E-state index contributed by atoms with van der Waals surface area (Å²) in [4.78, 5) is 11.8. The fraction of sp³-hybridized carbons (Fsp3) is 0. The summed E-state index contributed by atoms with van der Waals surface area (Å²) in [5, 5.41) is 6.92. The van der Waals surface area contributed by atoms with Gasteiger partial charge in [0.1, 0.15) is 18.3 Å². The van der Waals surface area contributed by atoms with E-state index in [0.717, 1.165) is 11.4 Å². The van der Waals surface area contributed by atoms with Crippen LogP contribution in [0.5, 0.6) is 0 Å². The van der Waals surface area contributed by atoms with Crippen LogP contribution < -0.4 is 0 Å². The average molecular weight is 186 g/mol. The molecule has 0 aromatic carbocycles. The molecule has 14 heavy (non-hydrogen) atoms. The van der Waals surface area contributed by atoms with Gasteiger partial charge in [0, 0.05) is 0 Å². The van der Waals surface area contributed by atoms with Gasteiger partial charge in [-0.25, -0.2) is 14.9 Å². The van der Waals surface area contributed by atoms with Crippen LogP contribution in [0.1, 0.15) is 0 Å². The fourth-order valence-corrected chi connectivity index (χ4v) is 1.34. The Balaban J connectivity index is 2.21. The van der Waals surface area contributed by atoms with Crippen LogP contribution in [0.4, 0.5) is 0 Å². The van der Waals surface area contributed by atoms with Crippen molar-refractivity contribution in [2.45, 2.75) is 0 Å². The second-order valence-electron chi connectivity index (χ2n) is 2.78. The Kier molecular flexibility index (Phi) is 1.35. The van der Waals surface area contributed by atoms with Gasteiger partial charge in [-0.15, -0.1) is 0 Å². The molecule has 0 unspecified atom stereocenters. The maximum absolute atomic E-state index is 4.09. The minimum Gasteiger partial charge on any atom is -0.225 e. The average Bonchev–Trinajstić information content (AvgIpc) is 2.79. The summed E-state index contributed by atoms with van der Waals surface area (Å²) < 4.78 is 1.71. The summed E-state index contributed by atoms with van der Waals surface area (Å²) >= 11 is 0. The van der Waals surface area contributed by atoms with Gasteiger partial charge in [-0.3, -0.25) is 0 Å². The third-order valence-electron chi connectivity index (χ3n) is 1.96. The molecule has 6 heteroatoms. The van der Waals surface area contributed by atoms with Gasteiger partial charge in [0.2, 0.25) is 0 Å². The molecule has 0 spiro atoms. The van der Waals surface area contributed by atoms with Gasteiger partial charge in [0.15, 0.2) is 0 Å². The van der Waals surface area contributed by atoms with Crippen molar-refractivity contribution >= 4 is 0 Å². The van der Waals surface area contributed by atoms with Gasteiger partial charge in [-0.1, -0.05) is 6.07 Å². The number of hydrogen-bond donors (Lipinski definition) is 1. The van der Waals surface area contributed by atoms with Crippen molar-refractivity contribution < 1.29 is 0 Å². The molecule has 1 N–H and O–H groups in total. The van der Waals surface area contributed by atoms with Crippen molar-refractivity contribution in [1.29, 1.82) is 0 Å². The van der Waals surface area contributed by atoms with Crippen LogP contribution in [-0.2, 0) is 0 Å². The zero-order chi connectivity index (χ0) is 9.38. The molecule has 0 saturated heterocycles. The highest BCUT2D eigenvalue weighted by Gasteiger charge is 2.12. The number of nitrogens with zero attached hydrogens (tertiary/aromatic N) is 5. The second kappa shape index (κ2) is 2.63.